The summed E-state index contributed by atoms with van der Waals surface area (Å²) in [6.45, 7) is 1.46. The molecule has 1 fully saturated rings. The van der Waals surface area contributed by atoms with Crippen molar-refractivity contribution in [2.24, 2.45) is 23.7 Å². The molecule has 0 bridgehead atoms. The molecule has 1 N–H and O–H groups in total. The number of phenols is 1. The third kappa shape index (κ3) is 5.62. The predicted octanol–water partition coefficient (Wildman–Crippen LogP) is 6.63. The Balaban J connectivity index is 1.44. The van der Waals surface area contributed by atoms with E-state index in [1.54, 1.807) is 18.2 Å². The highest BCUT2D eigenvalue weighted by Crippen LogP contribution is 2.54. The van der Waals surface area contributed by atoms with Crippen molar-refractivity contribution in [3.63, 3.8) is 0 Å². The monoisotopic (exact) mass is 687 g/mol. The number of carbonyl (C=O) groups is 4. The van der Waals surface area contributed by atoms with Crippen LogP contribution in [0, 0.1) is 23.7 Å². The molecule has 2 aromatic carbocycles. The van der Waals surface area contributed by atoms with E-state index in [-0.39, 0.29) is 52.9 Å². The fraction of sp³-hybridized carbons (Fsp3) is 0.314. The number of alkyl halides is 6. The second-order valence-electron chi connectivity index (χ2n) is 12.2. The first-order chi connectivity index (χ1) is 23.0. The number of methoxy groups -OCH3 is 2. The van der Waals surface area contributed by atoms with Gasteiger partial charge in [0.25, 0.3) is 0 Å². The molecular formula is C35H27F6NO7. The SMILES string of the molecule is COc1cc(C=CC2C3=CCC4C(=O)N(c5cc(C(F)(F)F)cc(C(F)(F)F)c5)C(=O)C4C3CC3=C2C(=O)C=C(C)C3=O)cc(OC)c1O. The van der Waals surface area contributed by atoms with E-state index in [9.17, 15) is 50.6 Å². The molecule has 1 heterocycles. The molecule has 0 aromatic heterocycles. The molecule has 4 aliphatic rings. The van der Waals surface area contributed by atoms with Gasteiger partial charge < -0.3 is 14.6 Å². The summed E-state index contributed by atoms with van der Waals surface area (Å²) in [6.07, 6.45) is -4.60. The summed E-state index contributed by atoms with van der Waals surface area (Å²) in [6, 6.07) is 3.57. The van der Waals surface area contributed by atoms with Crippen LogP contribution in [0.5, 0.6) is 17.2 Å². The fourth-order valence-electron chi connectivity index (χ4n) is 7.20. The Labute approximate surface area is 275 Å². The largest absolute Gasteiger partial charge is 0.502 e. The minimum Gasteiger partial charge on any atom is -0.502 e. The van der Waals surface area contributed by atoms with Crippen molar-refractivity contribution in [1.82, 2.24) is 0 Å². The van der Waals surface area contributed by atoms with Crippen LogP contribution in [0.4, 0.5) is 32.0 Å². The van der Waals surface area contributed by atoms with Crippen LogP contribution in [0.1, 0.15) is 36.5 Å². The van der Waals surface area contributed by atoms with Crippen LogP contribution in [0.25, 0.3) is 6.08 Å². The second kappa shape index (κ2) is 11.8. The Morgan fingerprint density at radius 1 is 0.857 bits per heavy atom. The van der Waals surface area contributed by atoms with Gasteiger partial charge in [0.05, 0.1) is 42.9 Å². The lowest BCUT2D eigenvalue weighted by atomic mass is 9.60. The topological polar surface area (TPSA) is 110 Å². The summed E-state index contributed by atoms with van der Waals surface area (Å²) in [7, 11) is 2.67. The van der Waals surface area contributed by atoms with Crippen LogP contribution in [-0.2, 0) is 31.5 Å². The number of allylic oxidation sites excluding steroid dienone is 7. The smallest absolute Gasteiger partial charge is 0.416 e. The molecule has 6 rings (SSSR count). The molecule has 256 valence electrons. The zero-order valence-electron chi connectivity index (χ0n) is 26.0. The lowest BCUT2D eigenvalue weighted by molar-refractivity contribution is -0.143. The van der Waals surface area contributed by atoms with E-state index < -0.39 is 76.2 Å². The van der Waals surface area contributed by atoms with Crippen LogP contribution in [0.3, 0.4) is 0 Å². The summed E-state index contributed by atoms with van der Waals surface area (Å²) in [5, 5.41) is 10.3. The summed E-state index contributed by atoms with van der Waals surface area (Å²) in [5.74, 6) is -7.07. The third-order valence-electron chi connectivity index (χ3n) is 9.42. The van der Waals surface area contributed by atoms with Gasteiger partial charge in [0.2, 0.25) is 17.6 Å². The summed E-state index contributed by atoms with van der Waals surface area (Å²) < 4.78 is 92.4. The minimum atomic E-state index is -5.21. The van der Waals surface area contributed by atoms with Gasteiger partial charge in [-0.2, -0.15) is 26.3 Å². The van der Waals surface area contributed by atoms with E-state index in [0.717, 1.165) is 0 Å². The number of amides is 2. The van der Waals surface area contributed by atoms with E-state index in [2.05, 4.69) is 0 Å². The Kier molecular flexibility index (Phi) is 8.11. The lowest BCUT2D eigenvalue weighted by Crippen LogP contribution is -2.40. The fourth-order valence-corrected chi connectivity index (χ4v) is 7.20. The number of benzene rings is 2. The molecule has 4 atom stereocenters. The van der Waals surface area contributed by atoms with Gasteiger partial charge in [-0.1, -0.05) is 23.8 Å². The van der Waals surface area contributed by atoms with Gasteiger partial charge in [0, 0.05) is 22.6 Å². The van der Waals surface area contributed by atoms with Crippen molar-refractivity contribution in [2.45, 2.75) is 32.1 Å². The summed E-state index contributed by atoms with van der Waals surface area (Å²) >= 11 is 0. The highest BCUT2D eigenvalue weighted by molar-refractivity contribution is 6.24. The van der Waals surface area contributed by atoms with Gasteiger partial charge in [-0.25, -0.2) is 4.90 Å². The molecule has 49 heavy (non-hydrogen) atoms. The van der Waals surface area contributed by atoms with Gasteiger partial charge >= 0.3 is 12.4 Å². The van der Waals surface area contributed by atoms with Crippen LogP contribution >= 0.6 is 0 Å². The second-order valence-corrected chi connectivity index (χ2v) is 12.2. The molecule has 2 amide bonds. The van der Waals surface area contributed by atoms with Crippen molar-refractivity contribution in [3.05, 3.63) is 87.5 Å². The zero-order chi connectivity index (χ0) is 35.7. The maximum absolute atomic E-state index is 14.0. The van der Waals surface area contributed by atoms with Crippen LogP contribution < -0.4 is 14.4 Å². The number of nitrogens with zero attached hydrogens (tertiary/aromatic N) is 1. The summed E-state index contributed by atoms with van der Waals surface area (Å²) in [5.41, 5.74) is -2.83. The number of Topliss-reactive ketones (excluding diaryl/α,β-unsaturated/α-hetero) is 1. The Morgan fingerprint density at radius 2 is 1.45 bits per heavy atom. The van der Waals surface area contributed by atoms with Gasteiger partial charge in [-0.3, -0.25) is 19.2 Å². The molecule has 0 saturated carbocycles. The molecule has 0 spiro atoms. The van der Waals surface area contributed by atoms with Crippen molar-refractivity contribution < 1.29 is 60.1 Å². The number of anilines is 1. The Morgan fingerprint density at radius 3 is 2.00 bits per heavy atom. The molecule has 3 aliphatic carbocycles. The molecule has 0 radical (unpaired) electrons. The lowest BCUT2D eigenvalue weighted by Gasteiger charge is -2.41. The number of halogens is 6. The number of aromatic hydroxyl groups is 1. The van der Waals surface area contributed by atoms with Gasteiger partial charge in [-0.15, -0.1) is 0 Å². The van der Waals surface area contributed by atoms with Crippen molar-refractivity contribution in [1.29, 1.82) is 0 Å². The maximum Gasteiger partial charge on any atom is 0.416 e. The first-order valence-electron chi connectivity index (χ1n) is 15.0. The molecule has 1 saturated heterocycles. The zero-order valence-corrected chi connectivity index (χ0v) is 26.0. The normalized spacial score (nSPS) is 24.1. The number of carbonyl (C=O) groups excluding carboxylic acids is 4. The van der Waals surface area contributed by atoms with Crippen molar-refractivity contribution in [2.75, 3.05) is 19.1 Å². The van der Waals surface area contributed by atoms with E-state index in [0.29, 0.717) is 28.2 Å². The third-order valence-corrected chi connectivity index (χ3v) is 9.42. The Bertz CT molecular complexity index is 1890. The van der Waals surface area contributed by atoms with Crippen LogP contribution in [-0.4, -0.2) is 42.7 Å². The number of ether oxygens (including phenoxy) is 2. The molecular weight excluding hydrogens is 660 g/mol. The van der Waals surface area contributed by atoms with Crippen LogP contribution in [0.15, 0.2) is 70.9 Å². The number of phenolic OH excluding ortho intramolecular Hbond substituents is 1. The standard InChI is InChI=1S/C35H27F6NO7/c1-15-8-25(43)28-21(5-4-16-9-26(48-2)31(45)27(10-16)49-3)20-6-7-22-29(23(20)14-24(28)30(15)44)33(47)42(32(22)46)19-12-17(34(36,37)38)11-18(13-19)35(39,40)41/h4-6,8-13,21-23,29,45H,7,14H2,1-3H3. The predicted molar refractivity (Wildman–Crippen MR) is 161 cm³/mol. The first-order valence-corrected chi connectivity index (χ1v) is 15.0. The number of hydrogen-bond donors (Lipinski definition) is 1. The number of rotatable bonds is 5. The van der Waals surface area contributed by atoms with E-state index in [4.69, 9.17) is 9.47 Å². The average molecular weight is 688 g/mol. The molecule has 8 nitrogen and oxygen atoms in total. The molecule has 2 aromatic rings. The quantitative estimate of drug-likeness (QED) is 0.163. The van der Waals surface area contributed by atoms with Gasteiger partial charge in [0.15, 0.2) is 23.1 Å². The highest BCUT2D eigenvalue weighted by atomic mass is 19.4. The maximum atomic E-state index is 14.0. The molecule has 4 unspecified atom stereocenters. The van der Waals surface area contributed by atoms with Crippen molar-refractivity contribution >= 4 is 35.1 Å². The number of ketones is 2. The van der Waals surface area contributed by atoms with Gasteiger partial charge in [-0.05, 0) is 67.7 Å². The van der Waals surface area contributed by atoms with Crippen LogP contribution in [0.2, 0.25) is 0 Å². The average Bonchev–Trinajstić information content (AvgIpc) is 3.30. The number of fused-ring (bicyclic) bond motifs is 3. The molecule has 1 aliphatic heterocycles. The van der Waals surface area contributed by atoms with E-state index >= 15 is 0 Å². The highest BCUT2D eigenvalue weighted by Gasteiger charge is 2.56. The molecule has 14 heteroatoms. The summed E-state index contributed by atoms with van der Waals surface area (Å²) in [4.78, 5) is 54.9. The minimum absolute atomic E-state index is 0.0843. The number of imide groups is 1. The number of hydrogen-bond acceptors (Lipinski definition) is 7. The first kappa shape index (κ1) is 33.7. The van der Waals surface area contributed by atoms with Gasteiger partial charge in [0.1, 0.15) is 0 Å². The van der Waals surface area contributed by atoms with E-state index in [1.807, 2.05) is 0 Å². The Hall–Kier alpha value is -5.14. The van der Waals surface area contributed by atoms with Crippen molar-refractivity contribution in [3.8, 4) is 17.2 Å². The van der Waals surface area contributed by atoms with E-state index in [1.165, 1.54) is 39.4 Å².